The number of nitrogens with zero attached hydrogens (tertiary/aromatic N) is 5. The van der Waals surface area contributed by atoms with Gasteiger partial charge in [-0.3, -0.25) is 14.0 Å². The number of esters is 1. The van der Waals surface area contributed by atoms with Crippen molar-refractivity contribution in [3.8, 4) is 0 Å². The van der Waals surface area contributed by atoms with E-state index in [0.29, 0.717) is 20.6 Å². The summed E-state index contributed by atoms with van der Waals surface area (Å²) < 4.78 is 9.25. The van der Waals surface area contributed by atoms with Crippen molar-refractivity contribution in [1.82, 2.24) is 14.3 Å². The molecule has 1 aliphatic rings. The van der Waals surface area contributed by atoms with Crippen molar-refractivity contribution in [3.63, 3.8) is 0 Å². The Balaban J connectivity index is 1.95. The quantitative estimate of drug-likeness (QED) is 0.538. The first-order chi connectivity index (χ1) is 15.7. The van der Waals surface area contributed by atoms with Crippen LogP contribution in [0, 0.1) is 6.92 Å². The van der Waals surface area contributed by atoms with Crippen LogP contribution in [0.1, 0.15) is 36.7 Å². The molecule has 4 rings (SSSR count). The summed E-state index contributed by atoms with van der Waals surface area (Å²) in [5, 5.41) is 4.26. The number of allylic oxidation sites excluding steroid dienone is 1. The highest BCUT2D eigenvalue weighted by atomic mass is 32.1. The van der Waals surface area contributed by atoms with E-state index in [0.717, 1.165) is 22.5 Å². The molecule has 0 N–H and O–H groups in total. The van der Waals surface area contributed by atoms with Gasteiger partial charge in [-0.15, -0.1) is 0 Å². The van der Waals surface area contributed by atoms with Gasteiger partial charge >= 0.3 is 5.97 Å². The van der Waals surface area contributed by atoms with Gasteiger partial charge in [0.15, 0.2) is 4.80 Å². The van der Waals surface area contributed by atoms with Gasteiger partial charge in [0.05, 0.1) is 34.6 Å². The zero-order valence-corrected chi connectivity index (χ0v) is 20.4. The molecule has 33 heavy (non-hydrogen) atoms. The Morgan fingerprint density at radius 1 is 1.24 bits per heavy atom. The molecule has 0 saturated carbocycles. The number of benzene rings is 1. The number of hydrogen-bond acceptors (Lipinski definition) is 7. The molecule has 1 unspecified atom stereocenters. The molecule has 8 nitrogen and oxygen atoms in total. The number of hydrogen-bond donors (Lipinski definition) is 0. The van der Waals surface area contributed by atoms with Crippen LogP contribution in [0.15, 0.2) is 51.5 Å². The second kappa shape index (κ2) is 8.82. The van der Waals surface area contributed by atoms with E-state index in [1.807, 2.05) is 63.3 Å². The number of ether oxygens (including phenoxy) is 1. The van der Waals surface area contributed by atoms with Gasteiger partial charge < -0.3 is 9.64 Å². The zero-order chi connectivity index (χ0) is 23.9. The lowest BCUT2D eigenvalue weighted by molar-refractivity contribution is -0.139. The van der Waals surface area contributed by atoms with Crippen LogP contribution in [-0.4, -0.2) is 41.0 Å². The molecule has 0 bridgehead atoms. The fourth-order valence-electron chi connectivity index (χ4n) is 3.86. The van der Waals surface area contributed by atoms with E-state index >= 15 is 0 Å². The summed E-state index contributed by atoms with van der Waals surface area (Å²) in [7, 11) is 5.79. The minimum atomic E-state index is -0.617. The molecule has 9 heteroatoms. The van der Waals surface area contributed by atoms with Crippen molar-refractivity contribution in [2.75, 3.05) is 25.6 Å². The number of carbonyl (C=O) groups is 1. The molecule has 2 aromatic heterocycles. The van der Waals surface area contributed by atoms with Crippen LogP contribution in [0.3, 0.4) is 0 Å². The van der Waals surface area contributed by atoms with Gasteiger partial charge in [-0.1, -0.05) is 23.5 Å². The molecule has 0 fully saturated rings. The van der Waals surface area contributed by atoms with Crippen molar-refractivity contribution in [1.29, 1.82) is 0 Å². The minimum absolute atomic E-state index is 0.196. The van der Waals surface area contributed by atoms with Crippen molar-refractivity contribution in [2.45, 2.75) is 26.8 Å². The lowest BCUT2D eigenvalue weighted by Crippen LogP contribution is -2.40. The molecular weight excluding hydrogens is 438 g/mol. The van der Waals surface area contributed by atoms with E-state index in [9.17, 15) is 9.59 Å². The zero-order valence-electron chi connectivity index (χ0n) is 19.6. The number of aromatic nitrogens is 3. The Morgan fingerprint density at radius 2 is 1.94 bits per heavy atom. The molecule has 3 heterocycles. The van der Waals surface area contributed by atoms with Crippen LogP contribution in [0.5, 0.6) is 0 Å². The Labute approximate surface area is 195 Å². The Bertz CT molecular complexity index is 1420. The number of thiazole rings is 1. The summed E-state index contributed by atoms with van der Waals surface area (Å²) in [6.07, 6.45) is 3.57. The van der Waals surface area contributed by atoms with Gasteiger partial charge in [-0.2, -0.15) is 5.10 Å². The fourth-order valence-corrected chi connectivity index (χ4v) is 4.90. The maximum absolute atomic E-state index is 13.6. The topological polar surface area (TPSA) is 81.7 Å². The van der Waals surface area contributed by atoms with E-state index in [-0.39, 0.29) is 12.2 Å². The van der Waals surface area contributed by atoms with E-state index < -0.39 is 12.0 Å². The monoisotopic (exact) mass is 465 g/mol. The molecule has 1 aliphatic heterocycles. The molecule has 172 valence electrons. The summed E-state index contributed by atoms with van der Waals surface area (Å²) in [6, 6.07) is 7.22. The third kappa shape index (κ3) is 4.04. The van der Waals surface area contributed by atoms with Crippen LogP contribution < -0.4 is 19.8 Å². The molecule has 0 aliphatic carbocycles. The van der Waals surface area contributed by atoms with Gasteiger partial charge in [-0.25, -0.2) is 9.79 Å². The van der Waals surface area contributed by atoms with Crippen molar-refractivity contribution in [2.24, 2.45) is 12.0 Å². The molecule has 3 aromatic rings. The Hall–Kier alpha value is -3.46. The van der Waals surface area contributed by atoms with Gasteiger partial charge in [0.25, 0.3) is 5.56 Å². The number of rotatable bonds is 5. The first-order valence-corrected chi connectivity index (χ1v) is 11.5. The highest BCUT2D eigenvalue weighted by Gasteiger charge is 2.33. The lowest BCUT2D eigenvalue weighted by Gasteiger charge is -2.25. The van der Waals surface area contributed by atoms with Gasteiger partial charge in [0.2, 0.25) is 0 Å². The highest BCUT2D eigenvalue weighted by molar-refractivity contribution is 7.07. The van der Waals surface area contributed by atoms with E-state index in [4.69, 9.17) is 4.74 Å². The second-order valence-electron chi connectivity index (χ2n) is 8.10. The maximum Gasteiger partial charge on any atom is 0.338 e. The number of carbonyl (C=O) groups excluding carboxylic acids is 1. The average molecular weight is 466 g/mol. The van der Waals surface area contributed by atoms with Gasteiger partial charge in [-0.05, 0) is 44.5 Å². The summed E-state index contributed by atoms with van der Waals surface area (Å²) >= 11 is 1.31. The molecule has 0 spiro atoms. The van der Waals surface area contributed by atoms with Gasteiger partial charge in [0.1, 0.15) is 0 Å². The van der Waals surface area contributed by atoms with E-state index in [1.54, 1.807) is 29.3 Å². The molecule has 1 atom stereocenters. The molecule has 0 saturated heterocycles. The summed E-state index contributed by atoms with van der Waals surface area (Å²) in [5.41, 5.74) is 4.42. The third-order valence-corrected chi connectivity index (χ3v) is 6.79. The molecule has 1 aromatic carbocycles. The first kappa shape index (κ1) is 22.7. The average Bonchev–Trinajstić information content (AvgIpc) is 3.26. The Kier molecular flexibility index (Phi) is 6.07. The van der Waals surface area contributed by atoms with Crippen LogP contribution in [0.2, 0.25) is 0 Å². The maximum atomic E-state index is 13.6. The first-order valence-electron chi connectivity index (χ1n) is 10.7. The highest BCUT2D eigenvalue weighted by Crippen LogP contribution is 2.31. The number of anilines is 1. The van der Waals surface area contributed by atoms with Crippen molar-refractivity contribution < 1.29 is 9.53 Å². The SMILES string of the molecule is CCOC(=O)C1=C(C)N=c2sc(=Cc3cnn(C)c3C)c(=O)n2C1c1ccc(N(C)C)cc1. The van der Waals surface area contributed by atoms with E-state index in [1.165, 1.54) is 11.3 Å². The van der Waals surface area contributed by atoms with Crippen LogP contribution in [-0.2, 0) is 16.6 Å². The molecule has 0 amide bonds. The molecular formula is C24H27N5O3S. The fraction of sp³-hybridized carbons (Fsp3) is 0.333. The van der Waals surface area contributed by atoms with Gasteiger partial charge in [0, 0.05) is 38.1 Å². The summed E-state index contributed by atoms with van der Waals surface area (Å²) in [6.45, 7) is 5.75. The minimum Gasteiger partial charge on any atom is -0.463 e. The van der Waals surface area contributed by atoms with E-state index in [2.05, 4.69) is 10.1 Å². The smallest absolute Gasteiger partial charge is 0.338 e. The predicted molar refractivity (Wildman–Crippen MR) is 129 cm³/mol. The molecule has 0 radical (unpaired) electrons. The number of fused-ring (bicyclic) bond motifs is 1. The van der Waals surface area contributed by atoms with Crippen molar-refractivity contribution >= 4 is 29.1 Å². The van der Waals surface area contributed by atoms with Crippen LogP contribution in [0.4, 0.5) is 5.69 Å². The summed E-state index contributed by atoms with van der Waals surface area (Å²) in [5.74, 6) is -0.460. The normalized spacial score (nSPS) is 15.9. The number of aryl methyl sites for hydroxylation is 1. The van der Waals surface area contributed by atoms with Crippen LogP contribution in [0.25, 0.3) is 6.08 Å². The second-order valence-corrected chi connectivity index (χ2v) is 9.11. The largest absolute Gasteiger partial charge is 0.463 e. The Morgan fingerprint density at radius 3 is 2.52 bits per heavy atom. The predicted octanol–water partition coefficient (Wildman–Crippen LogP) is 1.91. The lowest BCUT2D eigenvalue weighted by atomic mass is 9.95. The van der Waals surface area contributed by atoms with Crippen molar-refractivity contribution in [3.05, 3.63) is 78.2 Å². The summed E-state index contributed by atoms with van der Waals surface area (Å²) in [4.78, 5) is 33.7. The standard InChI is InChI=1S/C24H27N5O3S/c1-7-32-23(31)20-14(2)26-24-29(21(20)16-8-10-18(11-9-16)27(4)5)22(30)19(33-24)12-17-13-25-28(6)15(17)3/h8-13,21H,7H2,1-6H3. The van der Waals surface area contributed by atoms with Crippen LogP contribution >= 0.6 is 11.3 Å². The third-order valence-electron chi connectivity index (χ3n) is 5.80.